The van der Waals surface area contributed by atoms with Crippen molar-refractivity contribution in [2.75, 3.05) is 124 Å². The number of aryl methyl sites for hydroxylation is 1. The number of amides is 1. The molecule has 12 heteroatoms. The maximum atomic E-state index is 11.4. The summed E-state index contributed by atoms with van der Waals surface area (Å²) in [6.45, 7) is 8.24. The van der Waals surface area contributed by atoms with E-state index in [2.05, 4.69) is 5.32 Å². The molecule has 12 nitrogen and oxygen atoms in total. The van der Waals surface area contributed by atoms with Crippen LogP contribution in [0.25, 0.3) is 0 Å². The quantitative estimate of drug-likeness (QED) is 0.150. The van der Waals surface area contributed by atoms with Crippen molar-refractivity contribution in [1.82, 2.24) is 0 Å². The van der Waals surface area contributed by atoms with E-state index in [0.29, 0.717) is 119 Å². The van der Waals surface area contributed by atoms with E-state index in [1.165, 1.54) is 0 Å². The van der Waals surface area contributed by atoms with Gasteiger partial charge in [0.2, 0.25) is 5.91 Å². The van der Waals surface area contributed by atoms with Crippen molar-refractivity contribution in [3.05, 3.63) is 23.8 Å². The summed E-state index contributed by atoms with van der Waals surface area (Å²) in [6.07, 6.45) is 1.24. The van der Waals surface area contributed by atoms with Gasteiger partial charge in [0.15, 0.2) is 0 Å². The number of nitrogens with one attached hydrogen (secondary N) is 1. The zero-order valence-electron chi connectivity index (χ0n) is 22.9. The first-order valence-corrected chi connectivity index (χ1v) is 13.6. The zero-order chi connectivity index (χ0) is 27.6. The molecule has 2 N–H and O–H groups in total. The van der Waals surface area contributed by atoms with Crippen LogP contribution in [-0.2, 0) is 49.1 Å². The van der Waals surface area contributed by atoms with Gasteiger partial charge in [0, 0.05) is 12.1 Å². The number of carbonyl (C=O) groups excluding carboxylic acids is 1. The van der Waals surface area contributed by atoms with Crippen LogP contribution in [0.4, 0.5) is 5.69 Å². The van der Waals surface area contributed by atoms with Crippen LogP contribution in [0.15, 0.2) is 18.2 Å². The zero-order valence-corrected chi connectivity index (χ0v) is 22.9. The van der Waals surface area contributed by atoms with Crippen molar-refractivity contribution in [3.8, 4) is 5.75 Å². The molecule has 0 fully saturated rings. The molecule has 1 aliphatic rings. The number of carbonyl (C=O) groups is 1. The highest BCUT2D eigenvalue weighted by atomic mass is 16.6. The number of aliphatic hydroxyl groups excluding tert-OH is 1. The molecular weight excluding hydrogens is 514 g/mol. The van der Waals surface area contributed by atoms with Gasteiger partial charge in [0.05, 0.1) is 112 Å². The largest absolute Gasteiger partial charge is 0.491 e. The average Bonchev–Trinajstić information content (AvgIpc) is 2.95. The Morgan fingerprint density at radius 2 is 0.974 bits per heavy atom. The van der Waals surface area contributed by atoms with Crippen molar-refractivity contribution in [1.29, 1.82) is 0 Å². The number of rotatable bonds is 27. The van der Waals surface area contributed by atoms with Gasteiger partial charge >= 0.3 is 0 Å². The van der Waals surface area contributed by atoms with E-state index in [4.69, 9.17) is 47.7 Å². The van der Waals surface area contributed by atoms with Crippen LogP contribution in [-0.4, -0.2) is 130 Å². The Bertz CT molecular complexity index is 738. The summed E-state index contributed by atoms with van der Waals surface area (Å²) in [5, 5.41) is 11.4. The van der Waals surface area contributed by atoms with Crippen LogP contribution in [0, 0.1) is 0 Å². The maximum absolute atomic E-state index is 11.4. The molecule has 39 heavy (non-hydrogen) atoms. The SMILES string of the molecule is O=C1CCc2cc(OCCOCCOCCOCCOCCOCCOCCOCCOCCO)ccc2N1. The normalized spacial score (nSPS) is 12.9. The summed E-state index contributed by atoms with van der Waals surface area (Å²) in [5.41, 5.74) is 1.96. The lowest BCUT2D eigenvalue weighted by Crippen LogP contribution is -2.19. The monoisotopic (exact) mass is 559 g/mol. The number of ether oxygens (including phenoxy) is 9. The van der Waals surface area contributed by atoms with E-state index < -0.39 is 0 Å². The van der Waals surface area contributed by atoms with Crippen LogP contribution in [0.2, 0.25) is 0 Å². The van der Waals surface area contributed by atoms with Gasteiger partial charge in [-0.05, 0) is 30.2 Å². The lowest BCUT2D eigenvalue weighted by atomic mass is 10.0. The molecule has 224 valence electrons. The van der Waals surface area contributed by atoms with Crippen molar-refractivity contribution in [2.24, 2.45) is 0 Å². The van der Waals surface area contributed by atoms with Crippen molar-refractivity contribution in [2.45, 2.75) is 12.8 Å². The summed E-state index contributed by atoms with van der Waals surface area (Å²) in [7, 11) is 0. The summed E-state index contributed by atoms with van der Waals surface area (Å²) >= 11 is 0. The molecule has 0 aromatic heterocycles. The molecule has 1 aliphatic heterocycles. The third-order valence-electron chi connectivity index (χ3n) is 5.31. The van der Waals surface area contributed by atoms with Gasteiger partial charge in [-0.25, -0.2) is 0 Å². The molecular formula is C27H45NO11. The number of benzene rings is 1. The van der Waals surface area contributed by atoms with Crippen LogP contribution < -0.4 is 10.1 Å². The minimum Gasteiger partial charge on any atom is -0.491 e. The molecule has 0 unspecified atom stereocenters. The summed E-state index contributed by atoms with van der Waals surface area (Å²) in [4.78, 5) is 11.4. The van der Waals surface area contributed by atoms with Crippen molar-refractivity contribution < 1.29 is 52.5 Å². The third-order valence-corrected chi connectivity index (χ3v) is 5.31. The van der Waals surface area contributed by atoms with E-state index >= 15 is 0 Å². The van der Waals surface area contributed by atoms with E-state index in [0.717, 1.165) is 23.4 Å². The van der Waals surface area contributed by atoms with Gasteiger partial charge in [-0.15, -0.1) is 0 Å². The molecule has 1 aromatic rings. The van der Waals surface area contributed by atoms with E-state index in [9.17, 15) is 4.79 Å². The molecule has 0 saturated carbocycles. The minimum absolute atomic E-state index is 0.0246. The number of aliphatic hydroxyl groups is 1. The average molecular weight is 560 g/mol. The molecule has 2 rings (SSSR count). The second-order valence-corrected chi connectivity index (χ2v) is 8.34. The van der Waals surface area contributed by atoms with E-state index in [1.54, 1.807) is 0 Å². The number of hydrogen-bond donors (Lipinski definition) is 2. The standard InChI is InChI=1S/C27H45NO11/c29-5-6-31-7-8-32-9-10-33-11-12-34-13-14-35-15-16-36-17-18-37-19-20-38-21-22-39-25-2-3-26-24(23-25)1-4-27(30)28-26/h2-3,23,29H,1,4-22H2,(H,28,30). The van der Waals surface area contributed by atoms with Gasteiger partial charge in [-0.1, -0.05) is 0 Å². The predicted molar refractivity (Wildman–Crippen MR) is 143 cm³/mol. The van der Waals surface area contributed by atoms with Crippen LogP contribution in [0.1, 0.15) is 12.0 Å². The smallest absolute Gasteiger partial charge is 0.224 e. The van der Waals surface area contributed by atoms with E-state index in [1.807, 2.05) is 18.2 Å². The molecule has 1 heterocycles. The second kappa shape index (κ2) is 24.0. The number of anilines is 1. The lowest BCUT2D eigenvalue weighted by molar-refractivity contribution is -0.116. The lowest BCUT2D eigenvalue weighted by Gasteiger charge is -2.17. The molecule has 0 spiro atoms. The highest BCUT2D eigenvalue weighted by Crippen LogP contribution is 2.26. The highest BCUT2D eigenvalue weighted by molar-refractivity contribution is 5.93. The Balaban J connectivity index is 1.22. The Labute approximate surface area is 231 Å². The minimum atomic E-state index is 0.0246. The van der Waals surface area contributed by atoms with Crippen LogP contribution >= 0.6 is 0 Å². The number of hydrogen-bond acceptors (Lipinski definition) is 11. The van der Waals surface area contributed by atoms with Gasteiger partial charge in [-0.3, -0.25) is 4.79 Å². The Morgan fingerprint density at radius 3 is 1.41 bits per heavy atom. The first kappa shape index (κ1) is 33.3. The van der Waals surface area contributed by atoms with Crippen LogP contribution in [0.5, 0.6) is 5.75 Å². The summed E-state index contributed by atoms with van der Waals surface area (Å²) in [6, 6.07) is 5.69. The fourth-order valence-corrected chi connectivity index (χ4v) is 3.37. The Morgan fingerprint density at radius 1 is 0.564 bits per heavy atom. The fourth-order valence-electron chi connectivity index (χ4n) is 3.37. The summed E-state index contributed by atoms with van der Waals surface area (Å²) < 4.78 is 48.9. The molecule has 0 radical (unpaired) electrons. The predicted octanol–water partition coefficient (Wildman–Crippen LogP) is 1.08. The number of fused-ring (bicyclic) bond motifs is 1. The van der Waals surface area contributed by atoms with Crippen molar-refractivity contribution >= 4 is 11.6 Å². The fraction of sp³-hybridized carbons (Fsp3) is 0.741. The van der Waals surface area contributed by atoms with Gasteiger partial charge in [-0.2, -0.15) is 0 Å². The van der Waals surface area contributed by atoms with Gasteiger partial charge in [0.25, 0.3) is 0 Å². The van der Waals surface area contributed by atoms with Gasteiger partial charge in [0.1, 0.15) is 12.4 Å². The topological polar surface area (TPSA) is 132 Å². The molecule has 0 aliphatic carbocycles. The van der Waals surface area contributed by atoms with Crippen LogP contribution in [0.3, 0.4) is 0 Å². The first-order chi connectivity index (χ1) is 19.3. The maximum Gasteiger partial charge on any atom is 0.224 e. The third kappa shape index (κ3) is 18.2. The Hall–Kier alpha value is -1.87. The molecule has 1 amide bonds. The van der Waals surface area contributed by atoms with E-state index in [-0.39, 0.29) is 12.5 Å². The highest BCUT2D eigenvalue weighted by Gasteiger charge is 2.14. The first-order valence-electron chi connectivity index (χ1n) is 13.6. The second-order valence-electron chi connectivity index (χ2n) is 8.34. The summed E-state index contributed by atoms with van der Waals surface area (Å²) in [5.74, 6) is 0.834. The van der Waals surface area contributed by atoms with Gasteiger partial charge < -0.3 is 53.1 Å². The molecule has 0 saturated heterocycles. The molecule has 0 atom stereocenters. The van der Waals surface area contributed by atoms with Crippen molar-refractivity contribution in [3.63, 3.8) is 0 Å². The molecule has 0 bridgehead atoms. The Kier molecular flexibility index (Phi) is 20.5. The molecule has 1 aromatic carbocycles.